The number of hydrogen-bond acceptors (Lipinski definition) is 2. The van der Waals surface area contributed by atoms with Crippen molar-refractivity contribution >= 4 is 15.9 Å². The lowest BCUT2D eigenvalue weighted by Crippen LogP contribution is -2.41. The molecule has 23 heavy (non-hydrogen) atoms. The molecule has 0 atom stereocenters. The third kappa shape index (κ3) is 5.50. The fourth-order valence-corrected chi connectivity index (χ4v) is 3.71. The van der Waals surface area contributed by atoms with Gasteiger partial charge in [-0.1, -0.05) is 36.7 Å². The largest absolute Gasteiger partial charge is 0.460 e. The highest BCUT2D eigenvalue weighted by atomic mass is 79.9. The molecule has 2 rings (SSSR count). The van der Waals surface area contributed by atoms with Crippen LogP contribution in [0.2, 0.25) is 0 Å². The summed E-state index contributed by atoms with van der Waals surface area (Å²) in [5, 5.41) is 3.62. The van der Waals surface area contributed by atoms with Crippen molar-refractivity contribution < 1.29 is 4.42 Å². The normalized spacial score (nSPS) is 12.7. The van der Waals surface area contributed by atoms with Gasteiger partial charge >= 0.3 is 0 Å². The maximum Gasteiger partial charge on any atom is 0.134 e. The lowest BCUT2D eigenvalue weighted by Gasteiger charge is -2.33. The molecular weight excluding hydrogens is 350 g/mol. The van der Waals surface area contributed by atoms with Crippen molar-refractivity contribution in [2.45, 2.75) is 60.0 Å². The van der Waals surface area contributed by atoms with Crippen molar-refractivity contribution in [1.82, 2.24) is 5.32 Å². The zero-order valence-corrected chi connectivity index (χ0v) is 16.7. The standard InChI is InChI=1S/C20H28BrNO/c1-14-11-15(21)7-9-17(14)18-10-8-16(23-18)12-22-20(5,6)13-19(2,3)4/h7-11,22H,12-13H2,1-6H3. The second-order valence-corrected chi connectivity index (χ2v) is 9.12. The van der Waals surface area contributed by atoms with E-state index in [-0.39, 0.29) is 5.54 Å². The van der Waals surface area contributed by atoms with Crippen molar-refractivity contribution in [1.29, 1.82) is 0 Å². The minimum absolute atomic E-state index is 0.0821. The predicted octanol–water partition coefficient (Wildman–Crippen LogP) is 6.32. The first kappa shape index (κ1) is 18.3. The highest BCUT2D eigenvalue weighted by Crippen LogP contribution is 2.29. The third-order valence-electron chi connectivity index (χ3n) is 3.83. The number of halogens is 1. The van der Waals surface area contributed by atoms with Crippen molar-refractivity contribution in [3.8, 4) is 11.3 Å². The van der Waals surface area contributed by atoms with Crippen LogP contribution in [0.5, 0.6) is 0 Å². The summed E-state index contributed by atoms with van der Waals surface area (Å²) in [7, 11) is 0. The van der Waals surface area contributed by atoms with E-state index in [9.17, 15) is 0 Å². The quantitative estimate of drug-likeness (QED) is 0.658. The number of rotatable bonds is 5. The maximum atomic E-state index is 6.04. The molecular formula is C20H28BrNO. The highest BCUT2D eigenvalue weighted by Gasteiger charge is 2.25. The lowest BCUT2D eigenvalue weighted by atomic mass is 9.82. The maximum absolute atomic E-state index is 6.04. The summed E-state index contributed by atoms with van der Waals surface area (Å²) in [5.74, 6) is 1.91. The zero-order valence-electron chi connectivity index (χ0n) is 15.1. The molecule has 0 unspecified atom stereocenters. The number of aryl methyl sites for hydroxylation is 1. The Morgan fingerprint density at radius 2 is 1.74 bits per heavy atom. The molecule has 2 nitrogen and oxygen atoms in total. The number of hydrogen-bond donors (Lipinski definition) is 1. The Morgan fingerprint density at radius 3 is 2.35 bits per heavy atom. The van der Waals surface area contributed by atoms with Crippen molar-refractivity contribution in [3.63, 3.8) is 0 Å². The summed E-state index contributed by atoms with van der Waals surface area (Å²) in [6.07, 6.45) is 1.11. The molecule has 0 saturated heterocycles. The molecule has 1 heterocycles. The Bertz CT molecular complexity index is 665. The summed E-state index contributed by atoms with van der Waals surface area (Å²) in [6, 6.07) is 10.4. The number of furan rings is 1. The molecule has 0 spiro atoms. The fraction of sp³-hybridized carbons (Fsp3) is 0.500. The van der Waals surface area contributed by atoms with Gasteiger partial charge in [0.15, 0.2) is 0 Å². The minimum Gasteiger partial charge on any atom is -0.460 e. The van der Waals surface area contributed by atoms with Crippen LogP contribution >= 0.6 is 15.9 Å². The Kier molecular flexibility index (Phi) is 5.42. The molecule has 0 aliphatic rings. The van der Waals surface area contributed by atoms with Crippen molar-refractivity contribution in [2.24, 2.45) is 5.41 Å². The van der Waals surface area contributed by atoms with Crippen LogP contribution in [0, 0.1) is 12.3 Å². The van der Waals surface area contributed by atoms with E-state index in [1.54, 1.807) is 0 Å². The Morgan fingerprint density at radius 1 is 1.04 bits per heavy atom. The lowest BCUT2D eigenvalue weighted by molar-refractivity contribution is 0.236. The van der Waals surface area contributed by atoms with Gasteiger partial charge in [0, 0.05) is 15.6 Å². The van der Waals surface area contributed by atoms with Gasteiger partial charge in [-0.25, -0.2) is 0 Å². The Labute approximate surface area is 148 Å². The molecule has 0 aliphatic carbocycles. The van der Waals surface area contributed by atoms with Crippen LogP contribution in [0.3, 0.4) is 0 Å². The first-order valence-corrected chi connectivity index (χ1v) is 8.95. The van der Waals surface area contributed by atoms with E-state index in [4.69, 9.17) is 4.42 Å². The molecule has 0 aliphatic heterocycles. The summed E-state index contributed by atoms with van der Waals surface area (Å²) < 4.78 is 7.13. The van der Waals surface area contributed by atoms with Crippen LogP contribution in [0.4, 0.5) is 0 Å². The van der Waals surface area contributed by atoms with Crippen LogP contribution in [0.1, 0.15) is 52.4 Å². The average molecular weight is 378 g/mol. The third-order valence-corrected chi connectivity index (χ3v) is 4.32. The molecule has 0 bridgehead atoms. The molecule has 126 valence electrons. The number of nitrogens with one attached hydrogen (secondary N) is 1. The first-order valence-electron chi connectivity index (χ1n) is 8.16. The summed E-state index contributed by atoms with van der Waals surface area (Å²) in [6.45, 7) is 14.2. The van der Waals surface area contributed by atoms with Crippen LogP contribution < -0.4 is 5.32 Å². The van der Waals surface area contributed by atoms with Gasteiger partial charge < -0.3 is 9.73 Å². The highest BCUT2D eigenvalue weighted by molar-refractivity contribution is 9.10. The molecule has 0 radical (unpaired) electrons. The van der Waals surface area contributed by atoms with Gasteiger partial charge in [-0.3, -0.25) is 0 Å². The molecule has 1 aromatic heterocycles. The van der Waals surface area contributed by atoms with Crippen LogP contribution in [0.15, 0.2) is 39.2 Å². The van der Waals surface area contributed by atoms with Crippen molar-refractivity contribution in [3.05, 3.63) is 46.1 Å². The van der Waals surface area contributed by atoms with E-state index < -0.39 is 0 Å². The SMILES string of the molecule is Cc1cc(Br)ccc1-c1ccc(CNC(C)(C)CC(C)(C)C)o1. The second kappa shape index (κ2) is 6.82. The smallest absolute Gasteiger partial charge is 0.134 e. The molecule has 1 N–H and O–H groups in total. The van der Waals surface area contributed by atoms with Crippen LogP contribution in [0.25, 0.3) is 11.3 Å². The first-order chi connectivity index (χ1) is 10.6. The van der Waals surface area contributed by atoms with Gasteiger partial charge in [0.1, 0.15) is 11.5 Å². The van der Waals surface area contributed by atoms with Gasteiger partial charge in [-0.05, 0) is 68.5 Å². The second-order valence-electron chi connectivity index (χ2n) is 8.20. The van der Waals surface area contributed by atoms with Gasteiger partial charge in [0.25, 0.3) is 0 Å². The van der Waals surface area contributed by atoms with E-state index in [1.165, 1.54) is 5.56 Å². The van der Waals surface area contributed by atoms with Crippen LogP contribution in [-0.4, -0.2) is 5.54 Å². The van der Waals surface area contributed by atoms with Gasteiger partial charge in [0.05, 0.1) is 6.54 Å². The molecule has 3 heteroatoms. The molecule has 0 saturated carbocycles. The van der Waals surface area contributed by atoms with E-state index in [1.807, 2.05) is 0 Å². The van der Waals surface area contributed by atoms with Crippen LogP contribution in [-0.2, 0) is 6.54 Å². The van der Waals surface area contributed by atoms with Gasteiger partial charge in [-0.15, -0.1) is 0 Å². The number of benzene rings is 1. The monoisotopic (exact) mass is 377 g/mol. The molecule has 0 amide bonds. The zero-order chi connectivity index (χ0) is 17.3. The molecule has 1 aromatic carbocycles. The van der Waals surface area contributed by atoms with Crippen molar-refractivity contribution in [2.75, 3.05) is 0 Å². The van der Waals surface area contributed by atoms with Gasteiger partial charge in [0.2, 0.25) is 0 Å². The topological polar surface area (TPSA) is 25.2 Å². The van der Waals surface area contributed by atoms with E-state index in [0.29, 0.717) is 5.41 Å². The fourth-order valence-electron chi connectivity index (χ4n) is 3.24. The Balaban J connectivity index is 2.05. The summed E-state index contributed by atoms with van der Waals surface area (Å²) >= 11 is 3.50. The van der Waals surface area contributed by atoms with E-state index >= 15 is 0 Å². The molecule has 2 aromatic rings. The Hall–Kier alpha value is -1.06. The molecule has 0 fully saturated rings. The average Bonchev–Trinajstić information content (AvgIpc) is 2.82. The van der Waals surface area contributed by atoms with Gasteiger partial charge in [-0.2, -0.15) is 0 Å². The van der Waals surface area contributed by atoms with E-state index in [2.05, 4.69) is 93.1 Å². The predicted molar refractivity (Wildman–Crippen MR) is 102 cm³/mol. The van der Waals surface area contributed by atoms with E-state index in [0.717, 1.165) is 34.5 Å². The summed E-state index contributed by atoms with van der Waals surface area (Å²) in [5.41, 5.74) is 2.74. The summed E-state index contributed by atoms with van der Waals surface area (Å²) in [4.78, 5) is 0. The minimum atomic E-state index is 0.0821.